The van der Waals surface area contributed by atoms with Gasteiger partial charge in [-0.1, -0.05) is 18.2 Å². The average Bonchev–Trinajstić information content (AvgIpc) is 2.50. The fourth-order valence-corrected chi connectivity index (χ4v) is 1.70. The zero-order valence-electron chi connectivity index (χ0n) is 11.7. The van der Waals surface area contributed by atoms with Gasteiger partial charge in [-0.3, -0.25) is 14.6 Å². The Hall–Kier alpha value is -2.17. The number of esters is 2. The summed E-state index contributed by atoms with van der Waals surface area (Å²) < 4.78 is 9.16. The number of hydrogen-bond donors (Lipinski definition) is 0. The third-order valence-corrected chi connectivity index (χ3v) is 2.80. The molecule has 5 heteroatoms. The predicted octanol–water partition coefficient (Wildman–Crippen LogP) is 1.92. The molecular weight excluding hydrogens is 258 g/mol. The molecule has 0 saturated heterocycles. The van der Waals surface area contributed by atoms with Crippen LogP contribution >= 0.6 is 0 Å². The molecule has 0 radical (unpaired) electrons. The molecule has 0 aliphatic heterocycles. The number of carbonyl (C=O) groups is 2. The zero-order valence-corrected chi connectivity index (χ0v) is 11.7. The minimum absolute atomic E-state index is 0.279. The van der Waals surface area contributed by atoms with Crippen LogP contribution in [0.2, 0.25) is 0 Å². The normalized spacial score (nSPS) is 10.8. The Labute approximate surface area is 118 Å². The summed E-state index contributed by atoms with van der Waals surface area (Å²) in [6.45, 7) is 0. The summed E-state index contributed by atoms with van der Waals surface area (Å²) in [7, 11) is 2.51. The lowest BCUT2D eigenvalue weighted by Crippen LogP contribution is -2.25. The molecule has 0 spiro atoms. The Morgan fingerprint density at radius 1 is 1.20 bits per heavy atom. The molecule has 1 aromatic heterocycles. The van der Waals surface area contributed by atoms with E-state index in [1.165, 1.54) is 14.2 Å². The summed E-state index contributed by atoms with van der Waals surface area (Å²) in [4.78, 5) is 27.1. The average molecular weight is 277 g/mol. The van der Waals surface area contributed by atoms with Crippen molar-refractivity contribution in [2.75, 3.05) is 14.2 Å². The second kappa shape index (κ2) is 8.85. The first-order chi connectivity index (χ1) is 9.69. The molecular formula is C15H19NO4. The molecule has 0 aliphatic rings. The molecule has 20 heavy (non-hydrogen) atoms. The van der Waals surface area contributed by atoms with Gasteiger partial charge in [-0.05, 0) is 31.4 Å². The third kappa shape index (κ3) is 5.22. The summed E-state index contributed by atoms with van der Waals surface area (Å²) in [5.74, 6) is -2.05. The summed E-state index contributed by atoms with van der Waals surface area (Å²) >= 11 is 0. The Bertz CT molecular complexity index is 440. The van der Waals surface area contributed by atoms with Crippen LogP contribution < -0.4 is 0 Å². The number of pyridine rings is 1. The highest BCUT2D eigenvalue weighted by molar-refractivity contribution is 5.94. The summed E-state index contributed by atoms with van der Waals surface area (Å²) in [6.07, 6.45) is 7.37. The van der Waals surface area contributed by atoms with Crippen LogP contribution in [0.15, 0.2) is 36.5 Å². The number of carbonyl (C=O) groups excluding carboxylic acids is 2. The molecule has 108 valence electrons. The van der Waals surface area contributed by atoms with E-state index >= 15 is 0 Å². The second-order valence-electron chi connectivity index (χ2n) is 4.17. The van der Waals surface area contributed by atoms with Crippen molar-refractivity contribution in [3.63, 3.8) is 0 Å². The van der Waals surface area contributed by atoms with E-state index in [1.54, 1.807) is 12.3 Å². The van der Waals surface area contributed by atoms with Crippen LogP contribution in [-0.4, -0.2) is 31.1 Å². The standard InChI is InChI=1S/C15H19NO4/c1-19-14(17)13(15(18)20-2)10-5-3-4-8-12-9-6-7-11-16-12/h3,5-7,9,11,13H,4,8,10H2,1-2H3/b5-3+. The van der Waals surface area contributed by atoms with Gasteiger partial charge in [-0.15, -0.1) is 0 Å². The molecule has 0 bridgehead atoms. The third-order valence-electron chi connectivity index (χ3n) is 2.80. The molecule has 0 aromatic carbocycles. The van der Waals surface area contributed by atoms with Gasteiger partial charge in [0, 0.05) is 11.9 Å². The van der Waals surface area contributed by atoms with E-state index in [1.807, 2.05) is 24.3 Å². The van der Waals surface area contributed by atoms with Crippen molar-refractivity contribution in [2.45, 2.75) is 19.3 Å². The van der Waals surface area contributed by atoms with Gasteiger partial charge in [-0.25, -0.2) is 0 Å². The topological polar surface area (TPSA) is 65.5 Å². The highest BCUT2D eigenvalue weighted by Gasteiger charge is 2.26. The minimum Gasteiger partial charge on any atom is -0.468 e. The van der Waals surface area contributed by atoms with Crippen LogP contribution in [0.5, 0.6) is 0 Å². The first-order valence-electron chi connectivity index (χ1n) is 6.39. The Balaban J connectivity index is 2.41. The lowest BCUT2D eigenvalue weighted by atomic mass is 10.1. The van der Waals surface area contributed by atoms with E-state index in [4.69, 9.17) is 0 Å². The maximum absolute atomic E-state index is 11.4. The van der Waals surface area contributed by atoms with Crippen molar-refractivity contribution in [2.24, 2.45) is 5.92 Å². The zero-order chi connectivity index (χ0) is 14.8. The molecule has 0 unspecified atom stereocenters. The van der Waals surface area contributed by atoms with Crippen molar-refractivity contribution in [3.05, 3.63) is 42.2 Å². The molecule has 1 heterocycles. The fourth-order valence-electron chi connectivity index (χ4n) is 1.70. The monoisotopic (exact) mass is 277 g/mol. The number of hydrogen-bond acceptors (Lipinski definition) is 5. The Morgan fingerprint density at radius 2 is 1.90 bits per heavy atom. The van der Waals surface area contributed by atoms with Crippen LogP contribution in [0, 0.1) is 5.92 Å². The molecule has 0 fully saturated rings. The lowest BCUT2D eigenvalue weighted by molar-refractivity contribution is -0.158. The molecule has 5 nitrogen and oxygen atoms in total. The van der Waals surface area contributed by atoms with E-state index in [0.29, 0.717) is 0 Å². The first kappa shape index (κ1) is 15.9. The molecule has 0 saturated carbocycles. The number of aromatic nitrogens is 1. The maximum atomic E-state index is 11.4. The smallest absolute Gasteiger partial charge is 0.320 e. The minimum atomic E-state index is -0.892. The lowest BCUT2D eigenvalue weighted by Gasteiger charge is -2.09. The number of ether oxygens (including phenoxy) is 2. The highest BCUT2D eigenvalue weighted by Crippen LogP contribution is 2.09. The van der Waals surface area contributed by atoms with Crippen LogP contribution in [0.4, 0.5) is 0 Å². The van der Waals surface area contributed by atoms with Crippen LogP contribution in [0.25, 0.3) is 0 Å². The number of rotatable bonds is 7. The van der Waals surface area contributed by atoms with Crippen molar-refractivity contribution in [1.29, 1.82) is 0 Å². The second-order valence-corrected chi connectivity index (χ2v) is 4.17. The van der Waals surface area contributed by atoms with Gasteiger partial charge >= 0.3 is 11.9 Å². The quantitative estimate of drug-likeness (QED) is 0.433. The fraction of sp³-hybridized carbons (Fsp3) is 0.400. The molecule has 0 aliphatic carbocycles. The number of nitrogens with zero attached hydrogens (tertiary/aromatic N) is 1. The van der Waals surface area contributed by atoms with E-state index in [-0.39, 0.29) is 6.42 Å². The first-order valence-corrected chi connectivity index (χ1v) is 6.39. The van der Waals surface area contributed by atoms with Gasteiger partial charge < -0.3 is 9.47 Å². The van der Waals surface area contributed by atoms with Crippen molar-refractivity contribution < 1.29 is 19.1 Å². The summed E-state index contributed by atoms with van der Waals surface area (Å²) in [5.41, 5.74) is 1.01. The van der Waals surface area contributed by atoms with Gasteiger partial charge in [0.15, 0.2) is 5.92 Å². The summed E-state index contributed by atoms with van der Waals surface area (Å²) in [6, 6.07) is 5.77. The SMILES string of the molecule is COC(=O)C(C/C=C/CCc1ccccn1)C(=O)OC. The number of methoxy groups -OCH3 is 2. The van der Waals surface area contributed by atoms with E-state index in [2.05, 4.69) is 14.5 Å². The van der Waals surface area contributed by atoms with Gasteiger partial charge in [0.25, 0.3) is 0 Å². The molecule has 1 rings (SSSR count). The van der Waals surface area contributed by atoms with Crippen LogP contribution in [-0.2, 0) is 25.5 Å². The van der Waals surface area contributed by atoms with E-state index in [0.717, 1.165) is 18.5 Å². The van der Waals surface area contributed by atoms with Crippen molar-refractivity contribution in [1.82, 2.24) is 4.98 Å². The molecule has 0 amide bonds. The highest BCUT2D eigenvalue weighted by atomic mass is 16.5. The van der Waals surface area contributed by atoms with Crippen LogP contribution in [0.1, 0.15) is 18.5 Å². The van der Waals surface area contributed by atoms with Crippen molar-refractivity contribution in [3.8, 4) is 0 Å². The molecule has 0 atom stereocenters. The molecule has 1 aromatic rings. The predicted molar refractivity (Wildman–Crippen MR) is 73.8 cm³/mol. The van der Waals surface area contributed by atoms with Gasteiger partial charge in [0.1, 0.15) is 0 Å². The maximum Gasteiger partial charge on any atom is 0.320 e. The van der Waals surface area contributed by atoms with Gasteiger partial charge in [-0.2, -0.15) is 0 Å². The largest absolute Gasteiger partial charge is 0.468 e. The van der Waals surface area contributed by atoms with Gasteiger partial charge in [0.05, 0.1) is 14.2 Å². The summed E-state index contributed by atoms with van der Waals surface area (Å²) in [5, 5.41) is 0. The Morgan fingerprint density at radius 3 is 2.45 bits per heavy atom. The number of allylic oxidation sites excluding steroid dienone is 2. The number of aryl methyl sites for hydroxylation is 1. The Kier molecular flexibility index (Phi) is 7.03. The molecule has 0 N–H and O–H groups in total. The van der Waals surface area contributed by atoms with E-state index < -0.39 is 17.9 Å². The van der Waals surface area contributed by atoms with Crippen LogP contribution in [0.3, 0.4) is 0 Å². The van der Waals surface area contributed by atoms with E-state index in [9.17, 15) is 9.59 Å². The van der Waals surface area contributed by atoms with Crippen molar-refractivity contribution >= 4 is 11.9 Å². The van der Waals surface area contributed by atoms with Gasteiger partial charge in [0.2, 0.25) is 0 Å².